The van der Waals surface area contributed by atoms with Crippen molar-refractivity contribution in [2.24, 2.45) is 0 Å². The average Bonchev–Trinajstić information content (AvgIpc) is 2.67. The zero-order chi connectivity index (χ0) is 19.4. The summed E-state index contributed by atoms with van der Waals surface area (Å²) in [7, 11) is -3.99. The minimum atomic E-state index is -3.99. The van der Waals surface area contributed by atoms with Gasteiger partial charge in [-0.1, -0.05) is 65.7 Å². The van der Waals surface area contributed by atoms with E-state index in [-0.39, 0.29) is 11.4 Å². The molecule has 3 aromatic carbocycles. The second kappa shape index (κ2) is 7.76. The van der Waals surface area contributed by atoms with Crippen molar-refractivity contribution in [1.29, 1.82) is 0 Å². The molecule has 0 heterocycles. The van der Waals surface area contributed by atoms with Gasteiger partial charge in [-0.05, 0) is 43.7 Å². The van der Waals surface area contributed by atoms with Crippen molar-refractivity contribution in [3.8, 4) is 0 Å². The SMILES string of the molecule is Cc1ccc(C(=O)N(Cc2ccccc2)S(=O)(=O)c2ccc(C)cc2)cc1. The molecule has 138 valence electrons. The lowest BCUT2D eigenvalue weighted by molar-refractivity contribution is 0.0855. The number of amides is 1. The topological polar surface area (TPSA) is 54.5 Å². The van der Waals surface area contributed by atoms with Crippen molar-refractivity contribution in [3.63, 3.8) is 0 Å². The Bertz CT molecular complexity index is 1030. The zero-order valence-electron chi connectivity index (χ0n) is 15.3. The van der Waals surface area contributed by atoms with Gasteiger partial charge in [0, 0.05) is 5.56 Å². The molecule has 0 saturated heterocycles. The van der Waals surface area contributed by atoms with Gasteiger partial charge in [-0.25, -0.2) is 12.7 Å². The summed E-state index contributed by atoms with van der Waals surface area (Å²) in [6.07, 6.45) is 0. The molecule has 0 fully saturated rings. The fourth-order valence-electron chi connectivity index (χ4n) is 2.69. The van der Waals surface area contributed by atoms with Crippen LogP contribution in [0.15, 0.2) is 83.8 Å². The molecule has 0 N–H and O–H groups in total. The summed E-state index contributed by atoms with van der Waals surface area (Å²) in [5.41, 5.74) is 3.04. The van der Waals surface area contributed by atoms with Gasteiger partial charge in [-0.15, -0.1) is 0 Å². The normalized spacial score (nSPS) is 11.2. The molecule has 0 spiro atoms. The highest BCUT2D eigenvalue weighted by Gasteiger charge is 2.30. The van der Waals surface area contributed by atoms with Crippen LogP contribution in [0.25, 0.3) is 0 Å². The third kappa shape index (κ3) is 4.26. The highest BCUT2D eigenvalue weighted by molar-refractivity contribution is 7.89. The molecule has 3 rings (SSSR count). The Morgan fingerprint density at radius 2 is 1.30 bits per heavy atom. The Labute approximate surface area is 160 Å². The summed E-state index contributed by atoms with van der Waals surface area (Å²) in [6, 6.07) is 22.5. The Kier molecular flexibility index (Phi) is 5.42. The third-order valence-corrected chi connectivity index (χ3v) is 6.05. The molecule has 0 radical (unpaired) electrons. The standard InChI is InChI=1S/C22H21NO3S/c1-17-8-12-20(13-9-17)22(24)23(16-19-6-4-3-5-7-19)27(25,26)21-14-10-18(2)11-15-21/h3-15H,16H2,1-2H3. The lowest BCUT2D eigenvalue weighted by Crippen LogP contribution is -2.36. The molecule has 5 heteroatoms. The van der Waals surface area contributed by atoms with E-state index in [9.17, 15) is 13.2 Å². The van der Waals surface area contributed by atoms with Crippen LogP contribution in [0.3, 0.4) is 0 Å². The number of nitrogens with zero attached hydrogens (tertiary/aromatic N) is 1. The maximum atomic E-state index is 13.2. The number of carbonyl (C=O) groups is 1. The lowest BCUT2D eigenvalue weighted by atomic mass is 10.1. The van der Waals surface area contributed by atoms with Crippen molar-refractivity contribution >= 4 is 15.9 Å². The van der Waals surface area contributed by atoms with Crippen LogP contribution in [0.1, 0.15) is 27.0 Å². The fraction of sp³-hybridized carbons (Fsp3) is 0.136. The number of hydrogen-bond donors (Lipinski definition) is 0. The van der Waals surface area contributed by atoms with E-state index in [4.69, 9.17) is 0 Å². The zero-order valence-corrected chi connectivity index (χ0v) is 16.1. The minimum Gasteiger partial charge on any atom is -0.268 e. The predicted octanol–water partition coefficient (Wildman–Crippen LogP) is 4.33. The van der Waals surface area contributed by atoms with E-state index in [1.54, 1.807) is 48.5 Å². The van der Waals surface area contributed by atoms with Gasteiger partial charge in [0.2, 0.25) is 0 Å². The fourth-order valence-corrected chi connectivity index (χ4v) is 4.07. The summed E-state index contributed by atoms with van der Waals surface area (Å²) in [4.78, 5) is 13.2. The van der Waals surface area contributed by atoms with Crippen molar-refractivity contribution < 1.29 is 13.2 Å². The van der Waals surface area contributed by atoms with Crippen LogP contribution in [0, 0.1) is 13.8 Å². The first-order valence-electron chi connectivity index (χ1n) is 8.62. The largest absolute Gasteiger partial charge is 0.268 e. The molecule has 4 nitrogen and oxygen atoms in total. The molecule has 0 unspecified atom stereocenters. The monoisotopic (exact) mass is 379 g/mol. The first-order valence-corrected chi connectivity index (χ1v) is 10.1. The van der Waals surface area contributed by atoms with Crippen LogP contribution < -0.4 is 0 Å². The molecule has 0 bridgehead atoms. The molecule has 3 aromatic rings. The molecular weight excluding hydrogens is 358 g/mol. The number of sulfonamides is 1. The van der Waals surface area contributed by atoms with E-state index in [2.05, 4.69) is 0 Å². The van der Waals surface area contributed by atoms with Crippen molar-refractivity contribution in [3.05, 3.63) is 101 Å². The molecule has 0 aromatic heterocycles. The van der Waals surface area contributed by atoms with Crippen LogP contribution in [0.4, 0.5) is 0 Å². The van der Waals surface area contributed by atoms with Gasteiger partial charge in [-0.2, -0.15) is 0 Å². The van der Waals surface area contributed by atoms with Gasteiger partial charge in [0.1, 0.15) is 0 Å². The van der Waals surface area contributed by atoms with E-state index in [1.807, 2.05) is 32.0 Å². The van der Waals surface area contributed by atoms with Crippen molar-refractivity contribution in [2.75, 3.05) is 0 Å². The van der Waals surface area contributed by atoms with Gasteiger partial charge in [0.25, 0.3) is 15.9 Å². The highest BCUT2D eigenvalue weighted by Crippen LogP contribution is 2.22. The maximum Gasteiger partial charge on any atom is 0.267 e. The summed E-state index contributed by atoms with van der Waals surface area (Å²) < 4.78 is 27.4. The Morgan fingerprint density at radius 3 is 1.85 bits per heavy atom. The lowest BCUT2D eigenvalue weighted by Gasteiger charge is -2.23. The van der Waals surface area contributed by atoms with Crippen molar-refractivity contribution in [2.45, 2.75) is 25.3 Å². The molecule has 27 heavy (non-hydrogen) atoms. The quantitative estimate of drug-likeness (QED) is 0.663. The van der Waals surface area contributed by atoms with Crippen molar-refractivity contribution in [1.82, 2.24) is 4.31 Å². The molecule has 0 aliphatic heterocycles. The molecule has 0 saturated carbocycles. The van der Waals surface area contributed by atoms with Gasteiger partial charge in [-0.3, -0.25) is 4.79 Å². The Morgan fingerprint density at radius 1 is 0.778 bits per heavy atom. The average molecular weight is 379 g/mol. The van der Waals surface area contributed by atoms with Crippen LogP contribution in [0.5, 0.6) is 0 Å². The molecule has 0 aliphatic carbocycles. The molecule has 1 amide bonds. The number of carbonyl (C=O) groups excluding carboxylic acids is 1. The number of rotatable bonds is 5. The predicted molar refractivity (Wildman–Crippen MR) is 106 cm³/mol. The van der Waals surface area contributed by atoms with Crippen LogP contribution >= 0.6 is 0 Å². The van der Waals surface area contributed by atoms with Crippen LogP contribution in [0.2, 0.25) is 0 Å². The summed E-state index contributed by atoms with van der Waals surface area (Å²) >= 11 is 0. The van der Waals surface area contributed by atoms with Gasteiger partial charge < -0.3 is 0 Å². The summed E-state index contributed by atoms with van der Waals surface area (Å²) in [6.45, 7) is 3.78. The Balaban J connectivity index is 2.04. The summed E-state index contributed by atoms with van der Waals surface area (Å²) in [5.74, 6) is -0.542. The van der Waals surface area contributed by atoms with E-state index in [0.29, 0.717) is 5.56 Å². The minimum absolute atomic E-state index is 0.0240. The molecular formula is C22H21NO3S. The van der Waals surface area contributed by atoms with Gasteiger partial charge >= 0.3 is 0 Å². The molecule has 0 atom stereocenters. The maximum absolute atomic E-state index is 13.2. The summed E-state index contributed by atoms with van der Waals surface area (Å²) in [5, 5.41) is 0. The van der Waals surface area contributed by atoms with Gasteiger partial charge in [0.15, 0.2) is 0 Å². The second-order valence-corrected chi connectivity index (χ2v) is 8.34. The van der Waals surface area contributed by atoms with Crippen LogP contribution in [-0.4, -0.2) is 18.6 Å². The second-order valence-electron chi connectivity index (χ2n) is 6.48. The Hall–Kier alpha value is -2.92. The highest BCUT2D eigenvalue weighted by atomic mass is 32.2. The van der Waals surface area contributed by atoms with Gasteiger partial charge in [0.05, 0.1) is 11.4 Å². The number of hydrogen-bond acceptors (Lipinski definition) is 3. The number of benzene rings is 3. The van der Waals surface area contributed by atoms with E-state index < -0.39 is 15.9 Å². The first-order chi connectivity index (χ1) is 12.9. The van der Waals surface area contributed by atoms with Crippen LogP contribution in [-0.2, 0) is 16.6 Å². The number of aryl methyl sites for hydroxylation is 2. The third-order valence-electron chi connectivity index (χ3n) is 4.30. The van der Waals surface area contributed by atoms with E-state index in [1.165, 1.54) is 12.1 Å². The van der Waals surface area contributed by atoms with E-state index in [0.717, 1.165) is 21.0 Å². The van der Waals surface area contributed by atoms with E-state index >= 15 is 0 Å². The molecule has 0 aliphatic rings. The smallest absolute Gasteiger partial charge is 0.267 e. The first kappa shape index (κ1) is 18.9.